The highest BCUT2D eigenvalue weighted by molar-refractivity contribution is 9.10. The third kappa shape index (κ3) is 5.42. The van der Waals surface area contributed by atoms with Gasteiger partial charge < -0.3 is 5.32 Å². The van der Waals surface area contributed by atoms with Crippen molar-refractivity contribution in [2.45, 2.75) is 11.3 Å². The summed E-state index contributed by atoms with van der Waals surface area (Å²) >= 11 is 9.09. The van der Waals surface area contributed by atoms with Crippen molar-refractivity contribution in [2.24, 2.45) is 0 Å². The number of nitrogens with one attached hydrogen (secondary N) is 2. The van der Waals surface area contributed by atoms with E-state index >= 15 is 0 Å². The predicted octanol–water partition coefficient (Wildman–Crippen LogP) is 2.41. The molecule has 0 amide bonds. The van der Waals surface area contributed by atoms with E-state index in [9.17, 15) is 8.42 Å². The lowest BCUT2D eigenvalue weighted by Gasteiger charge is -2.08. The molecule has 0 aliphatic carbocycles. The van der Waals surface area contributed by atoms with Gasteiger partial charge in [0.25, 0.3) is 0 Å². The molecule has 0 radical (unpaired) electrons. The third-order valence-electron chi connectivity index (χ3n) is 2.08. The van der Waals surface area contributed by atoms with Crippen LogP contribution in [0, 0.1) is 0 Å². The van der Waals surface area contributed by atoms with Crippen molar-refractivity contribution in [3.63, 3.8) is 0 Å². The molecule has 4 nitrogen and oxygen atoms in total. The first-order valence-electron chi connectivity index (χ1n) is 5.06. The fraction of sp³-hybridized carbons (Fsp3) is 0.400. The minimum absolute atomic E-state index is 0. The lowest BCUT2D eigenvalue weighted by molar-refractivity contribution is 0.577. The van der Waals surface area contributed by atoms with Crippen LogP contribution in [0.5, 0.6) is 0 Å². The molecule has 0 unspecified atom stereocenters. The van der Waals surface area contributed by atoms with Crippen LogP contribution in [0.25, 0.3) is 0 Å². The first kappa shape index (κ1) is 18.1. The highest BCUT2D eigenvalue weighted by Gasteiger charge is 2.17. The van der Waals surface area contributed by atoms with Gasteiger partial charge in [-0.25, -0.2) is 13.1 Å². The second-order valence-corrected chi connectivity index (χ2v) is 6.49. The molecule has 0 aliphatic heterocycles. The van der Waals surface area contributed by atoms with Crippen LogP contribution < -0.4 is 10.0 Å². The molecule has 8 heteroatoms. The number of halogens is 3. The van der Waals surface area contributed by atoms with Gasteiger partial charge in [-0.2, -0.15) is 0 Å². The van der Waals surface area contributed by atoms with E-state index in [2.05, 4.69) is 26.0 Å². The van der Waals surface area contributed by atoms with E-state index in [1.807, 2.05) is 7.05 Å². The Bertz CT molecular complexity index is 483. The summed E-state index contributed by atoms with van der Waals surface area (Å²) < 4.78 is 27.0. The van der Waals surface area contributed by atoms with Crippen molar-refractivity contribution in [3.05, 3.63) is 27.7 Å². The van der Waals surface area contributed by atoms with Gasteiger partial charge in [0.2, 0.25) is 10.0 Å². The maximum absolute atomic E-state index is 11.9. The molecular weight excluding hydrogens is 363 g/mol. The minimum Gasteiger partial charge on any atom is -0.320 e. The van der Waals surface area contributed by atoms with Crippen molar-refractivity contribution in [1.29, 1.82) is 0 Å². The molecule has 104 valence electrons. The van der Waals surface area contributed by atoms with Crippen molar-refractivity contribution in [2.75, 3.05) is 20.1 Å². The van der Waals surface area contributed by atoms with E-state index in [1.165, 1.54) is 6.07 Å². The lowest BCUT2D eigenvalue weighted by atomic mass is 10.4. The lowest BCUT2D eigenvalue weighted by Crippen LogP contribution is -2.27. The van der Waals surface area contributed by atoms with E-state index in [-0.39, 0.29) is 22.3 Å². The summed E-state index contributed by atoms with van der Waals surface area (Å²) in [6, 6.07) is 4.74. The van der Waals surface area contributed by atoms with Crippen LogP contribution in [0.1, 0.15) is 6.42 Å². The van der Waals surface area contributed by atoms with E-state index in [4.69, 9.17) is 11.6 Å². The molecule has 1 rings (SSSR count). The molecule has 1 aromatic rings. The van der Waals surface area contributed by atoms with Crippen LogP contribution in [0.15, 0.2) is 27.6 Å². The Balaban J connectivity index is 0.00000289. The van der Waals surface area contributed by atoms with Gasteiger partial charge in [0.05, 0.1) is 5.02 Å². The van der Waals surface area contributed by atoms with Crippen LogP contribution in [-0.2, 0) is 10.0 Å². The van der Waals surface area contributed by atoms with Crippen molar-refractivity contribution >= 4 is 50.0 Å². The van der Waals surface area contributed by atoms with E-state index in [1.54, 1.807) is 12.1 Å². The molecule has 0 saturated carbocycles. The summed E-state index contributed by atoms with van der Waals surface area (Å²) in [5.41, 5.74) is 0. The van der Waals surface area contributed by atoms with E-state index in [0.717, 1.165) is 13.0 Å². The first-order valence-corrected chi connectivity index (χ1v) is 7.72. The van der Waals surface area contributed by atoms with Crippen molar-refractivity contribution in [3.8, 4) is 0 Å². The molecule has 0 aliphatic rings. The summed E-state index contributed by atoms with van der Waals surface area (Å²) in [7, 11) is -1.71. The average molecular weight is 378 g/mol. The van der Waals surface area contributed by atoms with Gasteiger partial charge in [0.1, 0.15) is 4.90 Å². The van der Waals surface area contributed by atoms with Crippen LogP contribution >= 0.6 is 39.9 Å². The Morgan fingerprint density at radius 2 is 2.00 bits per heavy atom. The molecule has 1 aromatic carbocycles. The Hall–Kier alpha value is 0.150. The largest absolute Gasteiger partial charge is 0.320 e. The molecule has 18 heavy (non-hydrogen) atoms. The number of hydrogen-bond donors (Lipinski definition) is 2. The zero-order valence-corrected chi connectivity index (χ0v) is 13.7. The average Bonchev–Trinajstić information content (AvgIpc) is 2.28. The van der Waals surface area contributed by atoms with E-state index in [0.29, 0.717) is 11.0 Å². The molecule has 0 aromatic heterocycles. The number of hydrogen-bond acceptors (Lipinski definition) is 3. The summed E-state index contributed by atoms with van der Waals surface area (Å²) in [5, 5.41) is 3.16. The fourth-order valence-corrected chi connectivity index (χ4v) is 3.34. The van der Waals surface area contributed by atoms with Crippen molar-refractivity contribution < 1.29 is 8.42 Å². The summed E-state index contributed by atoms with van der Waals surface area (Å²) in [6.07, 6.45) is 0.724. The first-order chi connectivity index (χ1) is 7.97. The number of sulfonamides is 1. The summed E-state index contributed by atoms with van der Waals surface area (Å²) in [6.45, 7) is 1.14. The Labute approximate surface area is 127 Å². The second kappa shape index (κ2) is 8.35. The third-order valence-corrected chi connectivity index (χ3v) is 4.51. The van der Waals surface area contributed by atoms with Gasteiger partial charge in [0.15, 0.2) is 0 Å². The smallest absolute Gasteiger partial charge is 0.242 e. The highest BCUT2D eigenvalue weighted by atomic mass is 79.9. The second-order valence-electron chi connectivity index (χ2n) is 3.43. The molecule has 0 atom stereocenters. The summed E-state index contributed by atoms with van der Waals surface area (Å²) in [5.74, 6) is 0. The zero-order valence-electron chi connectivity index (χ0n) is 9.74. The monoisotopic (exact) mass is 376 g/mol. The molecule has 0 heterocycles. The SMILES string of the molecule is CNCCCNS(=O)(=O)c1cc(Br)ccc1Cl.Cl. The molecule has 2 N–H and O–H groups in total. The molecule has 0 saturated heterocycles. The maximum atomic E-state index is 11.9. The van der Waals surface area contributed by atoms with Gasteiger partial charge in [-0.15, -0.1) is 12.4 Å². The summed E-state index contributed by atoms with van der Waals surface area (Å²) in [4.78, 5) is 0.0954. The topological polar surface area (TPSA) is 58.2 Å². The highest BCUT2D eigenvalue weighted by Crippen LogP contribution is 2.24. The molecule has 0 bridgehead atoms. The Morgan fingerprint density at radius 1 is 1.33 bits per heavy atom. The van der Waals surface area contributed by atoms with Gasteiger partial charge >= 0.3 is 0 Å². The minimum atomic E-state index is -3.53. The van der Waals surface area contributed by atoms with Crippen LogP contribution in [0.4, 0.5) is 0 Å². The van der Waals surface area contributed by atoms with Crippen LogP contribution in [-0.4, -0.2) is 28.6 Å². The molecule has 0 fully saturated rings. The van der Waals surface area contributed by atoms with Gasteiger partial charge in [0, 0.05) is 11.0 Å². The quantitative estimate of drug-likeness (QED) is 0.748. The number of benzene rings is 1. The van der Waals surface area contributed by atoms with Crippen LogP contribution in [0.2, 0.25) is 5.02 Å². The number of rotatable bonds is 6. The standard InChI is InChI=1S/C10H14BrClN2O2S.ClH/c1-13-5-2-6-14-17(15,16)10-7-8(11)3-4-9(10)12;/h3-4,7,13-14H,2,5-6H2,1H3;1H. The van der Waals surface area contributed by atoms with Crippen molar-refractivity contribution in [1.82, 2.24) is 10.0 Å². The predicted molar refractivity (Wildman–Crippen MR) is 80.1 cm³/mol. The molecular formula is C10H15BrCl2N2O2S. The van der Waals surface area contributed by atoms with Gasteiger partial charge in [-0.05, 0) is 38.2 Å². The Kier molecular flexibility index (Phi) is 8.42. The van der Waals surface area contributed by atoms with Gasteiger partial charge in [-0.1, -0.05) is 27.5 Å². The van der Waals surface area contributed by atoms with Gasteiger partial charge in [-0.3, -0.25) is 0 Å². The maximum Gasteiger partial charge on any atom is 0.242 e. The van der Waals surface area contributed by atoms with Crippen LogP contribution in [0.3, 0.4) is 0 Å². The normalized spacial score (nSPS) is 11.1. The molecule has 0 spiro atoms. The van der Waals surface area contributed by atoms with E-state index < -0.39 is 10.0 Å². The zero-order chi connectivity index (χ0) is 12.9. The Morgan fingerprint density at radius 3 is 2.61 bits per heavy atom. The fourth-order valence-electron chi connectivity index (χ4n) is 1.23.